The van der Waals surface area contributed by atoms with Gasteiger partial charge in [-0.1, -0.05) is 26.3 Å². The molecule has 0 saturated carbocycles. The van der Waals surface area contributed by atoms with Gasteiger partial charge in [-0.25, -0.2) is 8.78 Å². The van der Waals surface area contributed by atoms with Crippen LogP contribution in [0.3, 0.4) is 0 Å². The second-order valence-corrected chi connectivity index (χ2v) is 5.03. The first-order valence-electron chi connectivity index (χ1n) is 5.60. The van der Waals surface area contributed by atoms with E-state index in [0.717, 1.165) is 18.9 Å². The third-order valence-electron chi connectivity index (χ3n) is 2.98. The van der Waals surface area contributed by atoms with Crippen molar-refractivity contribution in [2.45, 2.75) is 32.7 Å². The Morgan fingerprint density at radius 3 is 2.59 bits per heavy atom. The average Bonchev–Trinajstić information content (AvgIpc) is 2.33. The summed E-state index contributed by atoms with van der Waals surface area (Å²) in [5.41, 5.74) is 3.30. The van der Waals surface area contributed by atoms with Crippen molar-refractivity contribution in [1.29, 1.82) is 0 Å². The minimum absolute atomic E-state index is 0.142. The highest BCUT2D eigenvalue weighted by atomic mass is 79.9. The minimum atomic E-state index is -0.869. The zero-order valence-electron chi connectivity index (χ0n) is 9.93. The Hall–Kier alpha value is -0.520. The SMILES string of the molecule is CCC(C)CC(NN)c1ccc(F)c(F)c1Br. The molecular weight excluding hydrogens is 290 g/mol. The lowest BCUT2D eigenvalue weighted by Crippen LogP contribution is -2.29. The van der Waals surface area contributed by atoms with Crippen molar-refractivity contribution in [3.8, 4) is 0 Å². The van der Waals surface area contributed by atoms with E-state index in [2.05, 4.69) is 35.2 Å². The van der Waals surface area contributed by atoms with Crippen LogP contribution in [0.15, 0.2) is 16.6 Å². The fourth-order valence-electron chi connectivity index (χ4n) is 1.66. The second kappa shape index (κ2) is 6.42. The molecule has 1 aromatic carbocycles. The lowest BCUT2D eigenvalue weighted by atomic mass is 9.94. The molecule has 2 atom stereocenters. The fourth-order valence-corrected chi connectivity index (χ4v) is 2.26. The molecule has 0 fully saturated rings. The molecule has 0 amide bonds. The quantitative estimate of drug-likeness (QED) is 0.495. The van der Waals surface area contributed by atoms with Crippen LogP contribution in [0.5, 0.6) is 0 Å². The minimum Gasteiger partial charge on any atom is -0.271 e. The highest BCUT2D eigenvalue weighted by molar-refractivity contribution is 9.10. The molecule has 0 heterocycles. The molecule has 2 unspecified atom stereocenters. The lowest BCUT2D eigenvalue weighted by Gasteiger charge is -2.21. The van der Waals surface area contributed by atoms with Gasteiger partial charge in [-0.3, -0.25) is 11.3 Å². The topological polar surface area (TPSA) is 38.0 Å². The molecule has 17 heavy (non-hydrogen) atoms. The number of rotatable bonds is 5. The van der Waals surface area contributed by atoms with Crippen molar-refractivity contribution in [2.75, 3.05) is 0 Å². The van der Waals surface area contributed by atoms with E-state index in [-0.39, 0.29) is 10.5 Å². The highest BCUT2D eigenvalue weighted by Crippen LogP contribution is 2.31. The van der Waals surface area contributed by atoms with Gasteiger partial charge >= 0.3 is 0 Å². The number of hydrazine groups is 1. The summed E-state index contributed by atoms with van der Waals surface area (Å²) in [6, 6.07) is 2.49. The molecule has 1 rings (SSSR count). The van der Waals surface area contributed by atoms with Crippen LogP contribution in [0.1, 0.15) is 38.3 Å². The molecule has 2 nitrogen and oxygen atoms in total. The van der Waals surface area contributed by atoms with Crippen LogP contribution in [0.2, 0.25) is 0 Å². The molecule has 0 spiro atoms. The van der Waals surface area contributed by atoms with Crippen molar-refractivity contribution in [1.82, 2.24) is 5.43 Å². The Morgan fingerprint density at radius 2 is 2.06 bits per heavy atom. The lowest BCUT2D eigenvalue weighted by molar-refractivity contribution is 0.403. The van der Waals surface area contributed by atoms with Gasteiger partial charge in [0.1, 0.15) is 0 Å². The predicted molar refractivity (Wildman–Crippen MR) is 68.2 cm³/mol. The van der Waals surface area contributed by atoms with E-state index in [4.69, 9.17) is 5.84 Å². The zero-order chi connectivity index (χ0) is 13.0. The predicted octanol–water partition coefficient (Wildman–Crippen LogP) is 3.67. The van der Waals surface area contributed by atoms with Crippen LogP contribution in [-0.2, 0) is 0 Å². The molecule has 1 aromatic rings. The molecule has 3 N–H and O–H groups in total. The van der Waals surface area contributed by atoms with E-state index in [1.165, 1.54) is 0 Å². The summed E-state index contributed by atoms with van der Waals surface area (Å²) >= 11 is 3.07. The third kappa shape index (κ3) is 3.47. The highest BCUT2D eigenvalue weighted by Gasteiger charge is 2.19. The number of hydrogen-bond acceptors (Lipinski definition) is 2. The molecule has 0 aromatic heterocycles. The normalized spacial score (nSPS) is 14.7. The largest absolute Gasteiger partial charge is 0.271 e. The van der Waals surface area contributed by atoms with Gasteiger partial charge in [-0.2, -0.15) is 0 Å². The Labute approximate surface area is 109 Å². The molecule has 0 aliphatic heterocycles. The van der Waals surface area contributed by atoms with E-state index in [0.29, 0.717) is 11.5 Å². The Morgan fingerprint density at radius 1 is 1.41 bits per heavy atom. The zero-order valence-corrected chi connectivity index (χ0v) is 11.5. The van der Waals surface area contributed by atoms with E-state index in [1.807, 2.05) is 0 Å². The summed E-state index contributed by atoms with van der Waals surface area (Å²) in [4.78, 5) is 0. The van der Waals surface area contributed by atoms with Gasteiger partial charge in [0.15, 0.2) is 11.6 Å². The fraction of sp³-hybridized carbons (Fsp3) is 0.500. The summed E-state index contributed by atoms with van der Waals surface area (Å²) in [6.07, 6.45) is 1.79. The Bertz CT molecular complexity index is 385. The summed E-state index contributed by atoms with van der Waals surface area (Å²) in [5, 5.41) is 0. The van der Waals surface area contributed by atoms with E-state index >= 15 is 0 Å². The summed E-state index contributed by atoms with van der Waals surface area (Å²) in [7, 11) is 0. The first kappa shape index (κ1) is 14.5. The van der Waals surface area contributed by atoms with Crippen LogP contribution in [0.4, 0.5) is 8.78 Å². The third-order valence-corrected chi connectivity index (χ3v) is 3.78. The maximum atomic E-state index is 13.4. The Kier molecular flexibility index (Phi) is 5.49. The number of hydrogen-bond donors (Lipinski definition) is 2. The van der Waals surface area contributed by atoms with Gasteiger partial charge < -0.3 is 0 Å². The molecule has 0 saturated heterocycles. The van der Waals surface area contributed by atoms with Gasteiger partial charge in [-0.05, 0) is 39.9 Å². The molecule has 0 radical (unpaired) electrons. The van der Waals surface area contributed by atoms with Gasteiger partial charge in [0.25, 0.3) is 0 Å². The van der Waals surface area contributed by atoms with Crippen molar-refractivity contribution in [3.05, 3.63) is 33.8 Å². The average molecular weight is 307 g/mol. The molecule has 0 bridgehead atoms. The smallest absolute Gasteiger partial charge is 0.173 e. The number of halogens is 3. The van der Waals surface area contributed by atoms with Crippen molar-refractivity contribution in [3.63, 3.8) is 0 Å². The second-order valence-electron chi connectivity index (χ2n) is 4.23. The van der Waals surface area contributed by atoms with Crippen LogP contribution in [0.25, 0.3) is 0 Å². The van der Waals surface area contributed by atoms with Gasteiger partial charge in [0, 0.05) is 6.04 Å². The van der Waals surface area contributed by atoms with E-state index < -0.39 is 11.6 Å². The number of benzene rings is 1. The van der Waals surface area contributed by atoms with Gasteiger partial charge in [0.2, 0.25) is 0 Å². The summed E-state index contributed by atoms with van der Waals surface area (Å²) < 4.78 is 26.6. The van der Waals surface area contributed by atoms with Crippen molar-refractivity contribution in [2.24, 2.45) is 11.8 Å². The summed E-state index contributed by atoms with van der Waals surface area (Å²) in [6.45, 7) is 4.18. The van der Waals surface area contributed by atoms with Gasteiger partial charge in [0.05, 0.1) is 4.47 Å². The standard InChI is InChI=1S/C12H17BrF2N2/c1-3-7(2)6-10(17-16)8-4-5-9(14)12(15)11(8)13/h4-5,7,10,17H,3,6,16H2,1-2H3. The number of nitrogens with one attached hydrogen (secondary N) is 1. The molecule has 96 valence electrons. The van der Waals surface area contributed by atoms with Crippen molar-refractivity contribution < 1.29 is 8.78 Å². The maximum Gasteiger partial charge on any atom is 0.173 e. The first-order valence-corrected chi connectivity index (χ1v) is 6.40. The van der Waals surface area contributed by atoms with Crippen LogP contribution in [-0.4, -0.2) is 0 Å². The maximum absolute atomic E-state index is 13.4. The van der Waals surface area contributed by atoms with Crippen molar-refractivity contribution >= 4 is 15.9 Å². The van der Waals surface area contributed by atoms with E-state index in [9.17, 15) is 8.78 Å². The summed E-state index contributed by atoms with van der Waals surface area (Å²) in [5.74, 6) is 4.20. The molecule has 0 aliphatic carbocycles. The Balaban J connectivity index is 3.00. The molecular formula is C12H17BrF2N2. The monoisotopic (exact) mass is 306 g/mol. The number of nitrogens with two attached hydrogens (primary N) is 1. The van der Waals surface area contributed by atoms with Gasteiger partial charge in [-0.15, -0.1) is 0 Å². The van der Waals surface area contributed by atoms with E-state index in [1.54, 1.807) is 6.07 Å². The van der Waals surface area contributed by atoms with Crippen LogP contribution < -0.4 is 11.3 Å². The van der Waals surface area contributed by atoms with Crippen LogP contribution >= 0.6 is 15.9 Å². The molecule has 0 aliphatic rings. The van der Waals surface area contributed by atoms with Crippen LogP contribution in [0, 0.1) is 17.6 Å². The first-order chi connectivity index (χ1) is 8.01. The molecule has 5 heteroatoms.